The van der Waals surface area contributed by atoms with Crippen LogP contribution in [0.15, 0.2) is 66.9 Å². The summed E-state index contributed by atoms with van der Waals surface area (Å²) in [5.41, 5.74) is 0.385. The van der Waals surface area contributed by atoms with E-state index in [2.05, 4.69) is 9.72 Å². The number of benzene rings is 2. The summed E-state index contributed by atoms with van der Waals surface area (Å²) in [6.45, 7) is 3.84. The lowest BCUT2D eigenvalue weighted by Gasteiger charge is -2.26. The van der Waals surface area contributed by atoms with Gasteiger partial charge in [-0.2, -0.15) is 0 Å². The molecular weight excluding hydrogens is 477 g/mol. The molecule has 0 radical (unpaired) electrons. The number of anilines is 1. The highest BCUT2D eigenvalue weighted by Crippen LogP contribution is 2.28. The zero-order chi connectivity index (χ0) is 26.3. The molecular formula is C26H27F3N2O5. The maximum absolute atomic E-state index is 12.5. The van der Waals surface area contributed by atoms with Crippen LogP contribution < -0.4 is 19.1 Å². The molecule has 1 aromatic heterocycles. The number of alkyl halides is 3. The van der Waals surface area contributed by atoms with Gasteiger partial charge in [-0.3, -0.25) is 0 Å². The Morgan fingerprint density at radius 3 is 2.08 bits per heavy atom. The van der Waals surface area contributed by atoms with Gasteiger partial charge in [0.2, 0.25) is 0 Å². The molecule has 3 rings (SSSR count). The number of methoxy groups -OCH3 is 1. The lowest BCUT2D eigenvalue weighted by atomic mass is 10.1. The highest BCUT2D eigenvalue weighted by molar-refractivity contribution is 5.76. The minimum absolute atomic E-state index is 0.290. The first kappa shape index (κ1) is 26.7. The fraction of sp³-hybridized carbons (Fsp3) is 0.308. The largest absolute Gasteiger partial charge is 0.573 e. The molecule has 0 spiro atoms. The number of hydrogen-bond acceptors (Lipinski definition) is 6. The summed E-state index contributed by atoms with van der Waals surface area (Å²) in [5, 5.41) is 9.24. The van der Waals surface area contributed by atoms with Gasteiger partial charge in [-0.1, -0.05) is 24.3 Å². The molecule has 3 aromatic rings. The Morgan fingerprint density at radius 1 is 0.944 bits per heavy atom. The molecule has 0 atom stereocenters. The summed E-state index contributed by atoms with van der Waals surface area (Å²) < 4.78 is 52.4. The first-order chi connectivity index (χ1) is 17.0. The van der Waals surface area contributed by atoms with Crippen molar-refractivity contribution in [1.82, 2.24) is 4.98 Å². The van der Waals surface area contributed by atoms with Gasteiger partial charge in [0.05, 0.1) is 7.11 Å². The lowest BCUT2D eigenvalue weighted by molar-refractivity contribution is -0.274. The van der Waals surface area contributed by atoms with Crippen LogP contribution in [0, 0.1) is 0 Å². The zero-order valence-corrected chi connectivity index (χ0v) is 20.1. The molecule has 1 N–H and O–H groups in total. The lowest BCUT2D eigenvalue weighted by Crippen LogP contribution is -2.37. The number of pyridine rings is 1. The Labute approximate surface area is 207 Å². The Bertz CT molecular complexity index is 1150. The molecule has 0 amide bonds. The number of nitrogens with zero attached hydrogens (tertiary/aromatic N) is 2. The Balaban J connectivity index is 1.75. The number of ether oxygens (including phenoxy) is 3. The first-order valence-electron chi connectivity index (χ1n) is 11.1. The summed E-state index contributed by atoms with van der Waals surface area (Å²) in [7, 11) is 1.54. The second kappa shape index (κ2) is 11.2. The van der Waals surface area contributed by atoms with Crippen LogP contribution in [0.25, 0.3) is 0 Å². The van der Waals surface area contributed by atoms with E-state index >= 15 is 0 Å². The van der Waals surface area contributed by atoms with Gasteiger partial charge in [-0.05, 0) is 67.8 Å². The molecule has 2 aromatic carbocycles. The smallest absolute Gasteiger partial charge is 0.493 e. The number of carboxylic acids is 1. The number of halogens is 3. The van der Waals surface area contributed by atoms with Crippen molar-refractivity contribution in [1.29, 1.82) is 0 Å². The summed E-state index contributed by atoms with van der Waals surface area (Å²) in [5.74, 6) is 0.245. The first-order valence-corrected chi connectivity index (χ1v) is 11.1. The van der Waals surface area contributed by atoms with Gasteiger partial charge in [0.15, 0.2) is 17.2 Å². The number of rotatable bonds is 11. The number of aliphatic carboxylic acids is 1. The van der Waals surface area contributed by atoms with Crippen molar-refractivity contribution in [3.05, 3.63) is 78.0 Å². The van der Waals surface area contributed by atoms with Gasteiger partial charge in [-0.25, -0.2) is 9.78 Å². The van der Waals surface area contributed by atoms with Crippen LogP contribution in [-0.4, -0.2) is 41.7 Å². The number of aromatic nitrogens is 1. The van der Waals surface area contributed by atoms with E-state index in [9.17, 15) is 23.1 Å². The molecule has 1 heterocycles. The molecule has 36 heavy (non-hydrogen) atoms. The average Bonchev–Trinajstić information content (AvgIpc) is 2.82. The van der Waals surface area contributed by atoms with E-state index in [1.807, 2.05) is 17.0 Å². The van der Waals surface area contributed by atoms with E-state index in [1.165, 1.54) is 26.0 Å². The van der Waals surface area contributed by atoms with E-state index < -0.39 is 17.9 Å². The molecule has 0 saturated carbocycles. The van der Waals surface area contributed by atoms with Crippen LogP contribution in [0.3, 0.4) is 0 Å². The van der Waals surface area contributed by atoms with Crippen LogP contribution >= 0.6 is 0 Å². The normalized spacial score (nSPS) is 11.6. The Morgan fingerprint density at radius 2 is 1.53 bits per heavy atom. The van der Waals surface area contributed by atoms with Crippen LogP contribution in [0.5, 0.6) is 17.2 Å². The van der Waals surface area contributed by atoms with Crippen LogP contribution in [0.1, 0.15) is 25.0 Å². The Kier molecular flexibility index (Phi) is 8.29. The SMILES string of the molecule is COc1cccnc1N(CCc1ccc(OC(C)(C)C(=O)O)cc1)Cc1ccc(OC(F)(F)F)cc1. The second-order valence-corrected chi connectivity index (χ2v) is 8.45. The topological polar surface area (TPSA) is 81.1 Å². The van der Waals surface area contributed by atoms with Gasteiger partial charge >= 0.3 is 12.3 Å². The molecule has 0 saturated heterocycles. The van der Waals surface area contributed by atoms with Crippen molar-refractivity contribution < 1.29 is 37.3 Å². The maximum atomic E-state index is 12.5. The Hall–Kier alpha value is -3.95. The molecule has 0 aliphatic rings. The minimum atomic E-state index is -4.75. The molecule has 0 unspecified atom stereocenters. The minimum Gasteiger partial charge on any atom is -0.493 e. The van der Waals surface area contributed by atoms with Crippen LogP contribution in [0.2, 0.25) is 0 Å². The third-order valence-corrected chi connectivity index (χ3v) is 5.28. The molecule has 7 nitrogen and oxygen atoms in total. The van der Waals surface area contributed by atoms with Gasteiger partial charge in [-0.15, -0.1) is 13.2 Å². The van der Waals surface area contributed by atoms with Gasteiger partial charge in [0.1, 0.15) is 11.5 Å². The second-order valence-electron chi connectivity index (χ2n) is 8.45. The molecule has 10 heteroatoms. The third-order valence-electron chi connectivity index (χ3n) is 5.28. The molecule has 0 bridgehead atoms. The number of carbonyl (C=O) groups is 1. The quantitative estimate of drug-likeness (QED) is 0.370. The van der Waals surface area contributed by atoms with Crippen molar-refractivity contribution in [2.75, 3.05) is 18.6 Å². The predicted molar refractivity (Wildman–Crippen MR) is 127 cm³/mol. The predicted octanol–water partition coefficient (Wildman–Crippen LogP) is 5.48. The van der Waals surface area contributed by atoms with E-state index in [1.54, 1.807) is 49.7 Å². The summed E-state index contributed by atoms with van der Waals surface area (Å²) in [6, 6.07) is 16.3. The average molecular weight is 505 g/mol. The summed E-state index contributed by atoms with van der Waals surface area (Å²) in [6.07, 6.45) is -2.50. The highest BCUT2D eigenvalue weighted by atomic mass is 19.4. The van der Waals surface area contributed by atoms with Crippen LogP contribution in [0.4, 0.5) is 19.0 Å². The fourth-order valence-corrected chi connectivity index (χ4v) is 3.38. The maximum Gasteiger partial charge on any atom is 0.573 e. The van der Waals surface area contributed by atoms with Crippen molar-refractivity contribution in [2.24, 2.45) is 0 Å². The number of hydrogen-bond donors (Lipinski definition) is 1. The zero-order valence-electron chi connectivity index (χ0n) is 20.1. The van der Waals surface area contributed by atoms with Gasteiger partial charge in [0, 0.05) is 19.3 Å². The van der Waals surface area contributed by atoms with Crippen molar-refractivity contribution in [3.8, 4) is 17.2 Å². The standard InChI is InChI=1S/C26H27F3N2O5/c1-25(2,24(32)33)35-20-10-6-18(7-11-20)14-16-31(23-22(34-3)5-4-15-30-23)17-19-8-12-21(13-9-19)36-26(27,28)29/h4-13,15H,14,16-17H2,1-3H3,(H,32,33). The van der Waals surface area contributed by atoms with Gasteiger partial charge in [0.25, 0.3) is 0 Å². The third kappa shape index (κ3) is 7.53. The van der Waals surface area contributed by atoms with E-state index in [-0.39, 0.29) is 5.75 Å². The van der Waals surface area contributed by atoms with E-state index in [4.69, 9.17) is 9.47 Å². The highest BCUT2D eigenvalue weighted by Gasteiger charge is 2.31. The van der Waals surface area contributed by atoms with Crippen LogP contribution in [-0.2, 0) is 17.8 Å². The number of carboxylic acid groups (broad SMARTS) is 1. The van der Waals surface area contributed by atoms with Crippen molar-refractivity contribution in [3.63, 3.8) is 0 Å². The molecule has 0 aliphatic carbocycles. The monoisotopic (exact) mass is 504 g/mol. The van der Waals surface area contributed by atoms with Gasteiger partial charge < -0.3 is 24.2 Å². The molecule has 0 aliphatic heterocycles. The van der Waals surface area contributed by atoms with E-state index in [0.717, 1.165) is 11.1 Å². The molecule has 192 valence electrons. The van der Waals surface area contributed by atoms with Crippen molar-refractivity contribution >= 4 is 11.8 Å². The fourth-order valence-electron chi connectivity index (χ4n) is 3.38. The summed E-state index contributed by atoms with van der Waals surface area (Å²) in [4.78, 5) is 17.7. The molecule has 0 fully saturated rings. The van der Waals surface area contributed by atoms with E-state index in [0.29, 0.717) is 36.8 Å². The van der Waals surface area contributed by atoms with Crippen molar-refractivity contribution in [2.45, 2.75) is 38.8 Å². The summed E-state index contributed by atoms with van der Waals surface area (Å²) >= 11 is 0.